The molecule has 1 heterocycles. The van der Waals surface area contributed by atoms with Crippen LogP contribution in [0, 0.1) is 17.8 Å². The topological polar surface area (TPSA) is 88.1 Å². The Morgan fingerprint density at radius 2 is 1.79 bits per heavy atom. The van der Waals surface area contributed by atoms with Crippen LogP contribution >= 0.6 is 0 Å². The fourth-order valence-electron chi connectivity index (χ4n) is 5.81. The second kappa shape index (κ2) is 18.0. The number of carbonyl (C=O) groups excluding carboxylic acids is 3. The van der Waals surface area contributed by atoms with Gasteiger partial charge in [-0.15, -0.1) is 0 Å². The number of ketones is 1. The molecular weight excluding hydrogens is 532 g/mol. The molecule has 1 saturated heterocycles. The highest BCUT2D eigenvalue weighted by atomic mass is 16.7. The Hall–Kier alpha value is -2.77. The minimum Gasteiger partial charge on any atom is -0.469 e. The van der Waals surface area contributed by atoms with Crippen LogP contribution in [0.2, 0.25) is 0 Å². The first-order chi connectivity index (χ1) is 20.3. The average Bonchev–Trinajstić information content (AvgIpc) is 3.31. The lowest BCUT2D eigenvalue weighted by atomic mass is 9.87. The molecule has 3 rings (SSSR count). The maximum absolute atomic E-state index is 13.1. The van der Waals surface area contributed by atoms with Crippen LogP contribution in [-0.4, -0.2) is 49.9 Å². The van der Waals surface area contributed by atoms with E-state index in [2.05, 4.69) is 6.08 Å². The van der Waals surface area contributed by atoms with E-state index in [1.54, 1.807) is 18.2 Å². The van der Waals surface area contributed by atoms with Gasteiger partial charge < -0.3 is 18.9 Å². The van der Waals surface area contributed by atoms with Crippen molar-refractivity contribution in [1.29, 1.82) is 0 Å². The van der Waals surface area contributed by atoms with E-state index in [0.29, 0.717) is 31.4 Å². The number of hydrogen-bond donors (Lipinski definition) is 0. The number of methoxy groups -OCH3 is 1. The number of carbonyl (C=O) groups is 3. The number of esters is 2. The smallest absolute Gasteiger partial charge is 0.338 e. The Labute approximate surface area is 252 Å². The summed E-state index contributed by atoms with van der Waals surface area (Å²) in [5.41, 5.74) is 1.72. The Bertz CT molecular complexity index is 1040. The predicted octanol–water partition coefficient (Wildman–Crippen LogP) is 7.39. The summed E-state index contributed by atoms with van der Waals surface area (Å²) in [6.45, 7) is 6.72. The van der Waals surface area contributed by atoms with E-state index in [9.17, 15) is 14.4 Å². The van der Waals surface area contributed by atoms with Crippen molar-refractivity contribution in [2.45, 2.75) is 110 Å². The van der Waals surface area contributed by atoms with Crippen LogP contribution in [0.1, 0.15) is 102 Å². The Balaban J connectivity index is 1.77. The second-order valence-electron chi connectivity index (χ2n) is 12.0. The third kappa shape index (κ3) is 11.1. The highest BCUT2D eigenvalue weighted by Crippen LogP contribution is 2.42. The van der Waals surface area contributed by atoms with Crippen molar-refractivity contribution in [2.24, 2.45) is 17.8 Å². The summed E-state index contributed by atoms with van der Waals surface area (Å²) in [4.78, 5) is 37.7. The molecule has 1 aliphatic carbocycles. The molecule has 0 N–H and O–H groups in total. The lowest BCUT2D eigenvalue weighted by Crippen LogP contribution is -2.30. The molecule has 42 heavy (non-hydrogen) atoms. The number of ether oxygens (including phenoxy) is 4. The number of hydrogen-bond acceptors (Lipinski definition) is 7. The fraction of sp³-hybridized carbons (Fsp3) is 0.629. The molecular formula is C35H50O7. The molecule has 6 atom stereocenters. The molecule has 2 fully saturated rings. The van der Waals surface area contributed by atoms with Crippen LogP contribution in [0.25, 0.3) is 0 Å². The van der Waals surface area contributed by atoms with Crippen molar-refractivity contribution in [3.63, 3.8) is 0 Å². The third-order valence-corrected chi connectivity index (χ3v) is 8.34. The molecule has 0 radical (unpaired) electrons. The molecule has 0 amide bonds. The van der Waals surface area contributed by atoms with Gasteiger partial charge in [-0.3, -0.25) is 9.59 Å². The van der Waals surface area contributed by atoms with Gasteiger partial charge in [-0.2, -0.15) is 0 Å². The molecule has 0 spiro atoms. The highest BCUT2D eigenvalue weighted by molar-refractivity contribution is 5.91. The molecule has 7 heteroatoms. The maximum Gasteiger partial charge on any atom is 0.338 e. The third-order valence-electron chi connectivity index (χ3n) is 8.34. The maximum atomic E-state index is 13.1. The molecule has 232 valence electrons. The summed E-state index contributed by atoms with van der Waals surface area (Å²) >= 11 is 0. The summed E-state index contributed by atoms with van der Waals surface area (Å²) in [7, 11) is 1.41. The van der Waals surface area contributed by atoms with E-state index in [-0.39, 0.29) is 54.0 Å². The van der Waals surface area contributed by atoms with Crippen molar-refractivity contribution in [2.75, 3.05) is 13.7 Å². The minimum atomic E-state index is -0.340. The molecule has 2 aliphatic rings. The van der Waals surface area contributed by atoms with Gasteiger partial charge in [0.2, 0.25) is 0 Å². The average molecular weight is 583 g/mol. The van der Waals surface area contributed by atoms with Crippen LogP contribution < -0.4 is 0 Å². The van der Waals surface area contributed by atoms with Crippen LogP contribution in [-0.2, 0) is 28.5 Å². The summed E-state index contributed by atoms with van der Waals surface area (Å²) in [6.07, 6.45) is 14.0. The van der Waals surface area contributed by atoms with Crippen LogP contribution in [0.5, 0.6) is 0 Å². The summed E-state index contributed by atoms with van der Waals surface area (Å²) in [5.74, 6) is -0.627. The Morgan fingerprint density at radius 3 is 2.48 bits per heavy atom. The Kier molecular flexibility index (Phi) is 14.5. The first-order valence-electron chi connectivity index (χ1n) is 15.7. The van der Waals surface area contributed by atoms with Crippen LogP contribution in [0.15, 0.2) is 54.1 Å². The van der Waals surface area contributed by atoms with Gasteiger partial charge in [0, 0.05) is 37.2 Å². The number of allylic oxidation sites excluding steroid dienone is 3. The molecule has 0 aromatic heterocycles. The number of unbranched alkanes of at least 4 members (excludes halogenated alkanes) is 3. The zero-order chi connectivity index (χ0) is 30.3. The van der Waals surface area contributed by atoms with Gasteiger partial charge in [0.25, 0.3) is 0 Å². The monoisotopic (exact) mass is 582 g/mol. The van der Waals surface area contributed by atoms with Gasteiger partial charge >= 0.3 is 11.9 Å². The molecule has 0 bridgehead atoms. The van der Waals surface area contributed by atoms with Gasteiger partial charge in [-0.25, -0.2) is 4.79 Å². The van der Waals surface area contributed by atoms with Gasteiger partial charge in [-0.05, 0) is 70.6 Å². The molecule has 1 aromatic rings. The predicted molar refractivity (Wildman–Crippen MR) is 163 cm³/mol. The summed E-state index contributed by atoms with van der Waals surface area (Å²) in [5, 5.41) is 0. The minimum absolute atomic E-state index is 0.00370. The molecule has 1 aromatic carbocycles. The van der Waals surface area contributed by atoms with E-state index < -0.39 is 0 Å². The van der Waals surface area contributed by atoms with Crippen molar-refractivity contribution in [3.8, 4) is 0 Å². The van der Waals surface area contributed by atoms with E-state index in [1.807, 2.05) is 45.0 Å². The van der Waals surface area contributed by atoms with Crippen molar-refractivity contribution < 1.29 is 33.3 Å². The Morgan fingerprint density at radius 1 is 1.02 bits per heavy atom. The molecule has 2 unspecified atom stereocenters. The molecule has 1 aliphatic heterocycles. The molecule has 1 saturated carbocycles. The van der Waals surface area contributed by atoms with E-state index in [0.717, 1.165) is 51.4 Å². The zero-order valence-electron chi connectivity index (χ0n) is 25.9. The summed E-state index contributed by atoms with van der Waals surface area (Å²) < 4.78 is 23.4. The van der Waals surface area contributed by atoms with Gasteiger partial charge in [-0.1, -0.05) is 62.1 Å². The zero-order valence-corrected chi connectivity index (χ0v) is 25.9. The van der Waals surface area contributed by atoms with Crippen molar-refractivity contribution >= 4 is 17.7 Å². The molecule has 7 nitrogen and oxygen atoms in total. The summed E-state index contributed by atoms with van der Waals surface area (Å²) in [6, 6.07) is 9.07. The van der Waals surface area contributed by atoms with Gasteiger partial charge in [0.15, 0.2) is 12.1 Å². The lowest BCUT2D eigenvalue weighted by molar-refractivity contribution is -0.193. The van der Waals surface area contributed by atoms with Crippen molar-refractivity contribution in [1.82, 2.24) is 0 Å². The number of rotatable bonds is 16. The normalized spacial score (nSPS) is 24.7. The first kappa shape index (κ1) is 33.7. The van der Waals surface area contributed by atoms with Crippen molar-refractivity contribution in [3.05, 3.63) is 59.7 Å². The lowest BCUT2D eigenvalue weighted by Gasteiger charge is -2.29. The number of benzene rings is 1. The van der Waals surface area contributed by atoms with E-state index in [4.69, 9.17) is 18.9 Å². The second-order valence-corrected chi connectivity index (χ2v) is 12.0. The van der Waals surface area contributed by atoms with E-state index in [1.165, 1.54) is 12.7 Å². The van der Waals surface area contributed by atoms with Gasteiger partial charge in [0.1, 0.15) is 6.10 Å². The SMILES string of the molecule is COC(=O)CCCCCC[C@@H]1[C@@H](/C=C/C(=O)C(C)CC=C(C)C)[C@H](OC2CCCCO2)C[C@@H]1OC(=O)c1ccccc1. The van der Waals surface area contributed by atoms with Crippen LogP contribution in [0.4, 0.5) is 0 Å². The van der Waals surface area contributed by atoms with Gasteiger partial charge in [0.05, 0.1) is 18.8 Å². The first-order valence-corrected chi connectivity index (χ1v) is 15.7. The van der Waals surface area contributed by atoms with Crippen LogP contribution in [0.3, 0.4) is 0 Å². The standard InChI is InChI=1S/C35H50O7/c1-25(2)19-20-26(3)30(36)22-21-29-28(16-10-5-6-11-17-33(37)39-4)32(42-35(38)27-14-8-7-9-15-27)24-31(29)41-34-18-12-13-23-40-34/h7-9,14-15,19,21-22,26,28-29,31-32,34H,5-6,10-13,16-18,20,23-24H2,1-4H3/b22-21+/t26?,28-,29-,31-,32+,34?/m1/s1. The largest absolute Gasteiger partial charge is 0.469 e. The van der Waals surface area contributed by atoms with E-state index >= 15 is 0 Å². The fourth-order valence-corrected chi connectivity index (χ4v) is 5.81. The highest BCUT2D eigenvalue weighted by Gasteiger charge is 2.45. The quantitative estimate of drug-likeness (QED) is 0.0869.